The van der Waals surface area contributed by atoms with E-state index in [4.69, 9.17) is 12.2 Å². The average Bonchev–Trinajstić information content (AvgIpc) is 3.20. The highest BCUT2D eigenvalue weighted by atomic mass is 32.1. The highest BCUT2D eigenvalue weighted by Gasteiger charge is 2.42. The van der Waals surface area contributed by atoms with Crippen molar-refractivity contribution in [3.05, 3.63) is 10.5 Å². The number of fused-ring (bicyclic) bond motifs is 3. The molecule has 114 valence electrons. The van der Waals surface area contributed by atoms with Crippen molar-refractivity contribution in [3.8, 4) is 0 Å². The van der Waals surface area contributed by atoms with E-state index in [9.17, 15) is 0 Å². The van der Waals surface area contributed by atoms with Gasteiger partial charge < -0.3 is 4.98 Å². The lowest BCUT2D eigenvalue weighted by Crippen LogP contribution is -2.23. The zero-order valence-corrected chi connectivity index (χ0v) is 13.9. The summed E-state index contributed by atoms with van der Waals surface area (Å²) in [6.45, 7) is 7.46. The van der Waals surface area contributed by atoms with E-state index in [1.54, 1.807) is 0 Å². The molecule has 0 spiro atoms. The maximum atomic E-state index is 5.64. The number of imidazole rings is 1. The zero-order chi connectivity index (χ0) is 14.7. The quantitative estimate of drug-likeness (QED) is 0.862. The Labute approximate surface area is 130 Å². The summed E-state index contributed by atoms with van der Waals surface area (Å²) < 4.78 is 5.31. The molecule has 2 aromatic rings. The van der Waals surface area contributed by atoms with Crippen LogP contribution in [0.25, 0.3) is 11.2 Å². The summed E-state index contributed by atoms with van der Waals surface area (Å²) in [6, 6.07) is 0.475. The number of aromatic amines is 1. The summed E-state index contributed by atoms with van der Waals surface area (Å²) in [6.07, 6.45) is 5.71. The standard InChI is InChI=1S/C16H24N4S/c1-4-19-15-14(9(2)18-19)17-16(21)20(15)10(3)13-8-11-5-6-12(13)7-11/h10-13H,4-8H2,1-3H3,(H,17,21). The second kappa shape index (κ2) is 4.70. The molecule has 2 aliphatic rings. The monoisotopic (exact) mass is 304 g/mol. The van der Waals surface area contributed by atoms with Crippen molar-refractivity contribution in [2.45, 2.75) is 59.0 Å². The molecule has 4 nitrogen and oxygen atoms in total. The SMILES string of the molecule is CCn1nc(C)c2[nH]c(=S)n(C(C)C3CC4CCC3C4)c21. The maximum Gasteiger partial charge on any atom is 0.179 e. The van der Waals surface area contributed by atoms with Gasteiger partial charge in [0.2, 0.25) is 0 Å². The van der Waals surface area contributed by atoms with Crippen molar-refractivity contribution in [2.24, 2.45) is 17.8 Å². The molecule has 2 bridgehead atoms. The van der Waals surface area contributed by atoms with Crippen LogP contribution >= 0.6 is 12.2 Å². The smallest absolute Gasteiger partial charge is 0.179 e. The third kappa shape index (κ3) is 1.86. The van der Waals surface area contributed by atoms with Crippen LogP contribution < -0.4 is 0 Å². The van der Waals surface area contributed by atoms with Gasteiger partial charge in [0.05, 0.1) is 5.69 Å². The van der Waals surface area contributed by atoms with Gasteiger partial charge in [-0.3, -0.25) is 4.57 Å². The Kier molecular flexibility index (Phi) is 3.03. The Morgan fingerprint density at radius 1 is 1.38 bits per heavy atom. The number of aryl methyl sites for hydroxylation is 2. The summed E-state index contributed by atoms with van der Waals surface area (Å²) in [7, 11) is 0. The first-order valence-corrected chi connectivity index (χ1v) is 8.68. The topological polar surface area (TPSA) is 38.5 Å². The number of aromatic nitrogens is 4. The summed E-state index contributed by atoms with van der Waals surface area (Å²) in [4.78, 5) is 3.39. The van der Waals surface area contributed by atoms with E-state index in [1.807, 2.05) is 0 Å². The van der Waals surface area contributed by atoms with Crippen molar-refractivity contribution in [3.63, 3.8) is 0 Å². The van der Waals surface area contributed by atoms with E-state index in [0.717, 1.165) is 40.3 Å². The minimum atomic E-state index is 0.475. The molecular formula is C16H24N4S. The predicted octanol–water partition coefficient (Wildman–Crippen LogP) is 4.22. The highest BCUT2D eigenvalue weighted by Crippen LogP contribution is 2.52. The van der Waals surface area contributed by atoms with E-state index in [2.05, 4.69) is 40.1 Å². The first kappa shape index (κ1) is 13.6. The summed E-state index contributed by atoms with van der Waals surface area (Å²) >= 11 is 5.64. The second-order valence-corrected chi connectivity index (χ2v) is 7.37. The van der Waals surface area contributed by atoms with Crippen molar-refractivity contribution in [1.29, 1.82) is 0 Å². The minimum absolute atomic E-state index is 0.475. The fourth-order valence-electron chi connectivity index (χ4n) is 4.90. The maximum absolute atomic E-state index is 5.64. The molecule has 0 aromatic carbocycles. The molecule has 2 saturated carbocycles. The summed E-state index contributed by atoms with van der Waals surface area (Å²) in [5, 5.41) is 4.65. The number of H-pyrrole nitrogens is 1. The van der Waals surface area contributed by atoms with Crippen LogP contribution in [0.5, 0.6) is 0 Å². The van der Waals surface area contributed by atoms with Gasteiger partial charge in [0.25, 0.3) is 0 Å². The lowest BCUT2D eigenvalue weighted by atomic mass is 9.84. The van der Waals surface area contributed by atoms with Gasteiger partial charge in [-0.05, 0) is 70.0 Å². The van der Waals surface area contributed by atoms with Crippen LogP contribution in [0.1, 0.15) is 51.3 Å². The molecule has 4 rings (SSSR count). The first-order valence-electron chi connectivity index (χ1n) is 8.27. The lowest BCUT2D eigenvalue weighted by Gasteiger charge is -2.29. The molecule has 1 N–H and O–H groups in total. The molecular weight excluding hydrogens is 280 g/mol. The predicted molar refractivity (Wildman–Crippen MR) is 87.0 cm³/mol. The van der Waals surface area contributed by atoms with Crippen molar-refractivity contribution < 1.29 is 0 Å². The molecule has 0 amide bonds. The molecule has 2 aromatic heterocycles. The second-order valence-electron chi connectivity index (χ2n) is 6.98. The molecule has 2 heterocycles. The molecule has 21 heavy (non-hydrogen) atoms. The van der Waals surface area contributed by atoms with Crippen LogP contribution in [0, 0.1) is 29.4 Å². The van der Waals surface area contributed by atoms with Gasteiger partial charge in [0.15, 0.2) is 10.4 Å². The van der Waals surface area contributed by atoms with E-state index >= 15 is 0 Å². The Balaban J connectivity index is 1.82. The third-order valence-corrected chi connectivity index (χ3v) is 6.20. The molecule has 0 aliphatic heterocycles. The molecule has 0 radical (unpaired) electrons. The Morgan fingerprint density at radius 3 is 2.81 bits per heavy atom. The normalized spacial score (nSPS) is 29.6. The van der Waals surface area contributed by atoms with E-state index in [-0.39, 0.29) is 0 Å². The van der Waals surface area contributed by atoms with Gasteiger partial charge in [-0.2, -0.15) is 5.10 Å². The lowest BCUT2D eigenvalue weighted by molar-refractivity contribution is 0.243. The Hall–Kier alpha value is -1.10. The van der Waals surface area contributed by atoms with E-state index in [0.29, 0.717) is 6.04 Å². The molecule has 2 aliphatic carbocycles. The highest BCUT2D eigenvalue weighted by molar-refractivity contribution is 7.71. The molecule has 4 unspecified atom stereocenters. The van der Waals surface area contributed by atoms with Gasteiger partial charge in [-0.15, -0.1) is 0 Å². The van der Waals surface area contributed by atoms with Crippen LogP contribution in [0.15, 0.2) is 0 Å². The third-order valence-electron chi connectivity index (χ3n) is 5.90. The van der Waals surface area contributed by atoms with E-state index < -0.39 is 0 Å². The fraction of sp³-hybridized carbons (Fsp3) is 0.750. The number of nitrogens with one attached hydrogen (secondary N) is 1. The molecule has 0 saturated heterocycles. The van der Waals surface area contributed by atoms with Gasteiger partial charge in [0.1, 0.15) is 5.52 Å². The van der Waals surface area contributed by atoms with Crippen molar-refractivity contribution in [1.82, 2.24) is 19.3 Å². The number of hydrogen-bond acceptors (Lipinski definition) is 2. The van der Waals surface area contributed by atoms with Gasteiger partial charge in [-0.1, -0.05) is 6.42 Å². The van der Waals surface area contributed by atoms with Crippen LogP contribution in [0.2, 0.25) is 0 Å². The van der Waals surface area contributed by atoms with Crippen molar-refractivity contribution >= 4 is 23.4 Å². The Bertz CT molecular complexity index is 737. The summed E-state index contributed by atoms with van der Waals surface area (Å²) in [5.74, 6) is 2.68. The first-order chi connectivity index (χ1) is 10.1. The van der Waals surface area contributed by atoms with Gasteiger partial charge in [0, 0.05) is 12.6 Å². The van der Waals surface area contributed by atoms with Gasteiger partial charge in [-0.25, -0.2) is 4.68 Å². The van der Waals surface area contributed by atoms with E-state index in [1.165, 1.54) is 31.3 Å². The zero-order valence-electron chi connectivity index (χ0n) is 13.1. The van der Waals surface area contributed by atoms with Crippen molar-refractivity contribution in [2.75, 3.05) is 0 Å². The van der Waals surface area contributed by atoms with Gasteiger partial charge >= 0.3 is 0 Å². The number of nitrogens with zero attached hydrogens (tertiary/aromatic N) is 3. The van der Waals surface area contributed by atoms with Crippen LogP contribution in [0.3, 0.4) is 0 Å². The average molecular weight is 304 g/mol. The fourth-order valence-corrected chi connectivity index (χ4v) is 5.25. The molecule has 2 fully saturated rings. The Morgan fingerprint density at radius 2 is 2.19 bits per heavy atom. The number of hydrogen-bond donors (Lipinski definition) is 1. The van der Waals surface area contributed by atoms with Crippen LogP contribution in [-0.2, 0) is 6.54 Å². The largest absolute Gasteiger partial charge is 0.328 e. The molecule has 5 heteroatoms. The van der Waals surface area contributed by atoms with Crippen LogP contribution in [-0.4, -0.2) is 19.3 Å². The summed E-state index contributed by atoms with van der Waals surface area (Å²) in [5.41, 5.74) is 3.36. The molecule has 4 atom stereocenters. The minimum Gasteiger partial charge on any atom is -0.328 e. The van der Waals surface area contributed by atoms with Crippen LogP contribution in [0.4, 0.5) is 0 Å². The number of rotatable bonds is 3.